The van der Waals surface area contributed by atoms with Crippen LogP contribution in [0.3, 0.4) is 0 Å². The number of nitrogens with one attached hydrogen (secondary N) is 1. The second kappa shape index (κ2) is 9.94. The van der Waals surface area contributed by atoms with E-state index in [1.54, 1.807) is 18.2 Å². The summed E-state index contributed by atoms with van der Waals surface area (Å²) in [4.78, 5) is 53.4. The fourth-order valence-corrected chi connectivity index (χ4v) is 6.61. The Balaban J connectivity index is 1.34. The van der Waals surface area contributed by atoms with E-state index in [1.165, 1.54) is 39.9 Å². The molecular weight excluding hydrogens is 496 g/mol. The number of hydrogen-bond acceptors (Lipinski definition) is 8. The van der Waals surface area contributed by atoms with Crippen LogP contribution in [0.5, 0.6) is 0 Å². The number of benzene rings is 1. The Hall–Kier alpha value is -3.77. The van der Waals surface area contributed by atoms with Gasteiger partial charge in [0.15, 0.2) is 5.78 Å². The molecule has 192 valence electrons. The maximum Gasteiger partial charge on any atom is 0.272 e. The molecule has 0 aliphatic carbocycles. The van der Waals surface area contributed by atoms with Gasteiger partial charge in [0.05, 0.1) is 29.8 Å². The Morgan fingerprint density at radius 2 is 1.92 bits per heavy atom. The van der Waals surface area contributed by atoms with Crippen LogP contribution in [0.4, 0.5) is 0 Å². The molecule has 2 fully saturated rings. The lowest BCUT2D eigenvalue weighted by molar-refractivity contribution is -0.138. The molecule has 0 saturated carbocycles. The zero-order chi connectivity index (χ0) is 26.2. The molecule has 3 aromatic rings. The fourth-order valence-electron chi connectivity index (χ4n) is 5.02. The van der Waals surface area contributed by atoms with Crippen LogP contribution in [0.1, 0.15) is 36.7 Å². The number of carbonyl (C=O) groups excluding carboxylic acids is 3. The number of nitrogens with zero attached hydrogens (tertiary/aromatic N) is 5. The van der Waals surface area contributed by atoms with Gasteiger partial charge in [0, 0.05) is 18.9 Å². The summed E-state index contributed by atoms with van der Waals surface area (Å²) in [5.74, 6) is -1.30. The van der Waals surface area contributed by atoms with Crippen molar-refractivity contribution in [3.8, 4) is 0 Å². The van der Waals surface area contributed by atoms with Crippen LogP contribution >= 0.6 is 0 Å². The van der Waals surface area contributed by atoms with E-state index < -0.39 is 40.0 Å². The van der Waals surface area contributed by atoms with Crippen molar-refractivity contribution in [2.75, 3.05) is 13.1 Å². The molecule has 2 amide bonds. The standard InChI is InChI=1S/C25H26N6O5S/c1-2-6-19(29-24(33)20-14-27-17-8-3-4-9-18(17)28-20)25(34)30-12-10-21-23(30)22(32)15-31(21)37(35,36)16-7-5-11-26-13-16/h3-5,7-9,11,13-14,19,21,23H,2,6,10,12,15H2,1H3,(H,29,33). The molecule has 5 rings (SSSR count). The Morgan fingerprint density at radius 3 is 2.65 bits per heavy atom. The minimum atomic E-state index is -3.95. The van der Waals surface area contributed by atoms with Gasteiger partial charge in [-0.1, -0.05) is 25.5 Å². The number of para-hydroxylation sites is 2. The molecule has 0 bridgehead atoms. The van der Waals surface area contributed by atoms with Crippen LogP contribution in [0.2, 0.25) is 0 Å². The first kappa shape index (κ1) is 24.9. The van der Waals surface area contributed by atoms with Crippen molar-refractivity contribution in [2.45, 2.75) is 49.2 Å². The number of amides is 2. The number of pyridine rings is 1. The highest BCUT2D eigenvalue weighted by molar-refractivity contribution is 7.89. The van der Waals surface area contributed by atoms with Gasteiger partial charge in [0.25, 0.3) is 5.91 Å². The summed E-state index contributed by atoms with van der Waals surface area (Å²) in [6.07, 6.45) is 5.36. The minimum absolute atomic E-state index is 0.000781. The summed E-state index contributed by atoms with van der Waals surface area (Å²) in [6, 6.07) is 7.66. The smallest absolute Gasteiger partial charge is 0.272 e. The molecular formula is C25H26N6O5S. The van der Waals surface area contributed by atoms with Crippen molar-refractivity contribution < 1.29 is 22.8 Å². The van der Waals surface area contributed by atoms with Crippen LogP contribution in [-0.4, -0.2) is 81.4 Å². The lowest BCUT2D eigenvalue weighted by atomic mass is 10.1. The summed E-state index contributed by atoms with van der Waals surface area (Å²) in [5, 5.41) is 2.75. The molecule has 2 aliphatic heterocycles. The van der Waals surface area contributed by atoms with Gasteiger partial charge in [-0.25, -0.2) is 13.4 Å². The Labute approximate surface area is 214 Å². The summed E-state index contributed by atoms with van der Waals surface area (Å²) in [7, 11) is -3.95. The number of sulfonamides is 1. The van der Waals surface area contributed by atoms with Crippen LogP contribution in [0.15, 0.2) is 59.9 Å². The van der Waals surface area contributed by atoms with Crippen molar-refractivity contribution in [1.82, 2.24) is 29.5 Å². The van der Waals surface area contributed by atoms with Crippen molar-refractivity contribution in [2.24, 2.45) is 0 Å². The third-order valence-corrected chi connectivity index (χ3v) is 8.62. The summed E-state index contributed by atoms with van der Waals surface area (Å²) in [6.45, 7) is 1.79. The number of carbonyl (C=O) groups is 3. The molecule has 2 aromatic heterocycles. The van der Waals surface area contributed by atoms with Gasteiger partial charge in [0.2, 0.25) is 15.9 Å². The quantitative estimate of drug-likeness (QED) is 0.487. The monoisotopic (exact) mass is 522 g/mol. The first-order chi connectivity index (χ1) is 17.8. The number of rotatable bonds is 7. The van der Waals surface area contributed by atoms with Gasteiger partial charge in [0.1, 0.15) is 22.7 Å². The third-order valence-electron chi connectivity index (χ3n) is 6.76. The molecule has 11 nitrogen and oxygen atoms in total. The van der Waals surface area contributed by atoms with Crippen LogP contribution < -0.4 is 5.32 Å². The van der Waals surface area contributed by atoms with E-state index in [9.17, 15) is 22.8 Å². The van der Waals surface area contributed by atoms with Crippen molar-refractivity contribution in [1.29, 1.82) is 0 Å². The molecule has 1 aromatic carbocycles. The van der Waals surface area contributed by atoms with Gasteiger partial charge >= 0.3 is 0 Å². The molecule has 4 heterocycles. The molecule has 1 N–H and O–H groups in total. The molecule has 0 spiro atoms. The van der Waals surface area contributed by atoms with Gasteiger partial charge in [-0.2, -0.15) is 4.31 Å². The van der Waals surface area contributed by atoms with Gasteiger partial charge in [-0.05, 0) is 37.1 Å². The zero-order valence-corrected chi connectivity index (χ0v) is 21.0. The maximum absolute atomic E-state index is 13.6. The number of likely N-dealkylation sites (tertiary alicyclic amines) is 1. The van der Waals surface area contributed by atoms with Crippen molar-refractivity contribution in [3.05, 3.63) is 60.7 Å². The first-order valence-electron chi connectivity index (χ1n) is 12.1. The lowest BCUT2D eigenvalue weighted by Gasteiger charge is -2.28. The lowest BCUT2D eigenvalue weighted by Crippen LogP contribution is -2.52. The highest BCUT2D eigenvalue weighted by Gasteiger charge is 2.54. The highest BCUT2D eigenvalue weighted by atomic mass is 32.2. The largest absolute Gasteiger partial charge is 0.339 e. The second-order valence-electron chi connectivity index (χ2n) is 9.10. The number of fused-ring (bicyclic) bond motifs is 2. The number of aromatic nitrogens is 3. The summed E-state index contributed by atoms with van der Waals surface area (Å²) in [5.41, 5.74) is 1.29. The SMILES string of the molecule is CCCC(NC(=O)c1cnc2ccccc2n1)C(=O)N1CCC2C1C(=O)CN2S(=O)(=O)c1cccnc1. The normalized spacial score (nSPS) is 20.7. The van der Waals surface area contributed by atoms with Crippen LogP contribution in [0, 0.1) is 0 Å². The molecule has 0 radical (unpaired) electrons. The Morgan fingerprint density at radius 1 is 1.14 bits per heavy atom. The van der Waals surface area contributed by atoms with Crippen LogP contribution in [0.25, 0.3) is 11.0 Å². The molecule has 37 heavy (non-hydrogen) atoms. The average molecular weight is 523 g/mol. The molecule has 2 saturated heterocycles. The number of hydrogen-bond donors (Lipinski definition) is 1. The van der Waals surface area contributed by atoms with Crippen LogP contribution in [-0.2, 0) is 19.6 Å². The second-order valence-corrected chi connectivity index (χ2v) is 11.0. The Bertz CT molecular complexity index is 1460. The molecule has 12 heteroatoms. The van der Waals surface area contributed by atoms with E-state index in [-0.39, 0.29) is 29.5 Å². The molecule has 3 unspecified atom stereocenters. The number of Topliss-reactive ketones (excluding diaryl/α,β-unsaturated/α-hetero) is 1. The minimum Gasteiger partial charge on any atom is -0.339 e. The van der Waals surface area contributed by atoms with E-state index in [4.69, 9.17) is 0 Å². The summed E-state index contributed by atoms with van der Waals surface area (Å²) < 4.78 is 27.6. The zero-order valence-electron chi connectivity index (χ0n) is 20.1. The van der Waals surface area contributed by atoms with E-state index in [2.05, 4.69) is 20.3 Å². The fraction of sp³-hybridized carbons (Fsp3) is 0.360. The van der Waals surface area contributed by atoms with E-state index >= 15 is 0 Å². The molecule has 3 atom stereocenters. The molecule has 2 aliphatic rings. The predicted molar refractivity (Wildman–Crippen MR) is 133 cm³/mol. The first-order valence-corrected chi connectivity index (χ1v) is 13.5. The van der Waals surface area contributed by atoms with Gasteiger partial charge < -0.3 is 10.2 Å². The van der Waals surface area contributed by atoms with Crippen molar-refractivity contribution >= 4 is 38.7 Å². The van der Waals surface area contributed by atoms with Gasteiger partial charge in [-0.15, -0.1) is 0 Å². The Kier molecular flexibility index (Phi) is 6.69. The number of ketones is 1. The predicted octanol–water partition coefficient (Wildman–Crippen LogP) is 1.17. The van der Waals surface area contributed by atoms with Crippen molar-refractivity contribution in [3.63, 3.8) is 0 Å². The third kappa shape index (κ3) is 4.58. The van der Waals surface area contributed by atoms with E-state index in [0.29, 0.717) is 30.3 Å². The van der Waals surface area contributed by atoms with Gasteiger partial charge in [-0.3, -0.25) is 24.4 Å². The summed E-state index contributed by atoms with van der Waals surface area (Å²) >= 11 is 0. The van der Waals surface area contributed by atoms with E-state index in [1.807, 2.05) is 13.0 Å². The average Bonchev–Trinajstić information content (AvgIpc) is 3.49. The maximum atomic E-state index is 13.6. The van der Waals surface area contributed by atoms with E-state index in [0.717, 1.165) is 0 Å². The topological polar surface area (TPSA) is 143 Å². The highest BCUT2D eigenvalue weighted by Crippen LogP contribution is 2.34.